The third-order valence-corrected chi connectivity index (χ3v) is 9.93. The van der Waals surface area contributed by atoms with Gasteiger partial charge in [-0.1, -0.05) is 99.4 Å². The molecule has 4 N–H and O–H groups in total. The number of hydrogen-bond acceptors (Lipinski definition) is 6. The minimum Gasteiger partial charge on any atom is -0.409 e. The Morgan fingerprint density at radius 2 is 1.56 bits per heavy atom. The topological polar surface area (TPSA) is 117 Å². The van der Waals surface area contributed by atoms with Crippen molar-refractivity contribution in [3.63, 3.8) is 0 Å². The predicted octanol–water partition coefficient (Wildman–Crippen LogP) is 5.39. The number of nitrogens with zero attached hydrogens (tertiary/aromatic N) is 2. The van der Waals surface area contributed by atoms with Crippen LogP contribution in [-0.2, 0) is 22.7 Å². The number of amides is 3. The van der Waals surface area contributed by atoms with E-state index in [1.54, 1.807) is 29.2 Å². The summed E-state index contributed by atoms with van der Waals surface area (Å²) in [5.74, 6) is 0.418. The third kappa shape index (κ3) is 9.21. The van der Waals surface area contributed by atoms with Gasteiger partial charge in [-0.05, 0) is 48.4 Å². The molecule has 3 amide bonds. The van der Waals surface area contributed by atoms with Gasteiger partial charge in [0.15, 0.2) is 5.75 Å². The summed E-state index contributed by atoms with van der Waals surface area (Å²) in [7, 11) is 0. The molecular weight excluding hydrogens is 590 g/mol. The highest BCUT2D eigenvalue weighted by Gasteiger charge is 2.41. The Bertz CT molecular complexity index is 1260. The second kappa shape index (κ2) is 16.4. The number of rotatable bonds is 10. The molecule has 9 nitrogen and oxygen atoms in total. The number of carbonyl (C=O) groups excluding carboxylic acids is 3. The van der Waals surface area contributed by atoms with E-state index in [0.717, 1.165) is 43.2 Å². The zero-order valence-electron chi connectivity index (χ0n) is 26.2. The van der Waals surface area contributed by atoms with Crippen molar-refractivity contribution in [3.05, 3.63) is 64.7 Å². The van der Waals surface area contributed by atoms with E-state index in [2.05, 4.69) is 10.6 Å². The van der Waals surface area contributed by atoms with Gasteiger partial charge in [0.05, 0.1) is 17.6 Å². The molecule has 244 valence electrons. The van der Waals surface area contributed by atoms with Crippen LogP contribution in [0.4, 0.5) is 4.79 Å². The monoisotopic (exact) mass is 637 g/mol. The number of hydrogen-bond donors (Lipinski definition) is 3. The molecule has 3 fully saturated rings. The summed E-state index contributed by atoms with van der Waals surface area (Å²) < 4.78 is 5.61. The summed E-state index contributed by atoms with van der Waals surface area (Å²) in [6, 6.07) is 13.7. The van der Waals surface area contributed by atoms with E-state index in [-0.39, 0.29) is 43.2 Å². The Balaban J connectivity index is 1.33. The van der Waals surface area contributed by atoms with Gasteiger partial charge in [-0.2, -0.15) is 0 Å². The zero-order valence-corrected chi connectivity index (χ0v) is 27.0. The maximum absolute atomic E-state index is 14.4. The van der Waals surface area contributed by atoms with Crippen LogP contribution < -0.4 is 21.1 Å². The van der Waals surface area contributed by atoms with Gasteiger partial charge in [0.1, 0.15) is 6.04 Å². The van der Waals surface area contributed by atoms with Gasteiger partial charge >= 0.3 is 6.09 Å². The quantitative estimate of drug-likeness (QED) is 0.322. The zero-order chi connectivity index (χ0) is 31.6. The number of ether oxygens (including phenoxy) is 1. The second-order valence-electron chi connectivity index (χ2n) is 12.8. The predicted molar refractivity (Wildman–Crippen MR) is 176 cm³/mol. The summed E-state index contributed by atoms with van der Waals surface area (Å²) in [5, 5.41) is 7.10. The van der Waals surface area contributed by atoms with Gasteiger partial charge in [-0.3, -0.25) is 9.59 Å². The molecule has 45 heavy (non-hydrogen) atoms. The van der Waals surface area contributed by atoms with Gasteiger partial charge in [0, 0.05) is 32.2 Å². The van der Waals surface area contributed by atoms with E-state index in [1.165, 1.54) is 43.4 Å². The lowest BCUT2D eigenvalue weighted by Gasteiger charge is -2.42. The molecule has 2 aromatic carbocycles. The first-order valence-electron chi connectivity index (χ1n) is 16.7. The SMILES string of the molecule is NCc1ccc(CNC(=O)[C@@H]2CN(C(=O)Oc3ccccc3Cl)CCN2C(=O)[C@H](CC2CCCCC2)NC2CCCCC2)cc1. The Hall–Kier alpha value is -3.14. The third-order valence-electron chi connectivity index (χ3n) is 9.62. The normalized spacial score (nSPS) is 20.4. The van der Waals surface area contributed by atoms with E-state index < -0.39 is 12.1 Å². The number of nitrogens with one attached hydrogen (secondary N) is 2. The summed E-state index contributed by atoms with van der Waals surface area (Å²) >= 11 is 6.24. The number of halogens is 1. The molecule has 10 heteroatoms. The van der Waals surface area contributed by atoms with Crippen molar-refractivity contribution in [2.45, 2.75) is 102 Å². The number of piperazine rings is 1. The van der Waals surface area contributed by atoms with Crippen molar-refractivity contribution in [1.82, 2.24) is 20.4 Å². The van der Waals surface area contributed by atoms with E-state index >= 15 is 0 Å². The summed E-state index contributed by atoms with van der Waals surface area (Å²) in [5.41, 5.74) is 7.68. The second-order valence-corrected chi connectivity index (χ2v) is 13.2. The van der Waals surface area contributed by atoms with Crippen molar-refractivity contribution in [1.29, 1.82) is 0 Å². The summed E-state index contributed by atoms with van der Waals surface area (Å²) in [6.45, 7) is 1.29. The molecule has 0 unspecified atom stereocenters. The number of carbonyl (C=O) groups is 3. The van der Waals surface area contributed by atoms with Crippen LogP contribution in [-0.4, -0.2) is 65.5 Å². The van der Waals surface area contributed by atoms with E-state index in [9.17, 15) is 14.4 Å². The Labute approximate surface area is 272 Å². The molecule has 1 aliphatic heterocycles. The average molecular weight is 638 g/mol. The van der Waals surface area contributed by atoms with Crippen molar-refractivity contribution in [2.75, 3.05) is 19.6 Å². The van der Waals surface area contributed by atoms with E-state index in [4.69, 9.17) is 22.1 Å². The molecule has 0 aromatic heterocycles. The molecule has 5 rings (SSSR count). The molecule has 1 heterocycles. The van der Waals surface area contributed by atoms with E-state index in [0.29, 0.717) is 30.1 Å². The molecule has 0 bridgehead atoms. The average Bonchev–Trinajstić information content (AvgIpc) is 3.08. The lowest BCUT2D eigenvalue weighted by atomic mass is 9.83. The van der Waals surface area contributed by atoms with Crippen LogP contribution in [0.3, 0.4) is 0 Å². The van der Waals surface area contributed by atoms with Gasteiger partial charge in [-0.25, -0.2) is 4.79 Å². The molecule has 0 spiro atoms. The first-order chi connectivity index (χ1) is 21.9. The number of benzene rings is 2. The van der Waals surface area contributed by atoms with E-state index in [1.807, 2.05) is 24.3 Å². The molecule has 3 aliphatic rings. The first-order valence-corrected chi connectivity index (χ1v) is 17.1. The molecule has 2 aliphatic carbocycles. The fourth-order valence-corrected chi connectivity index (χ4v) is 7.15. The lowest BCUT2D eigenvalue weighted by molar-refractivity contribution is -0.145. The largest absolute Gasteiger partial charge is 0.415 e. The van der Waals surface area contributed by atoms with Crippen LogP contribution in [0.2, 0.25) is 5.02 Å². The standard InChI is InChI=1S/C35H48ClN5O4/c36-29-13-7-8-14-32(29)45-35(44)40-19-20-41(31(24-40)33(42)38-23-27-17-15-26(22-37)16-18-27)34(43)30(21-25-9-3-1-4-10-25)39-28-11-5-2-6-12-28/h7-8,13-18,25,28,30-31,39H,1-6,9-12,19-24,37H2,(H,38,42)/t30-,31-/m0/s1. The minimum atomic E-state index is -0.852. The Morgan fingerprint density at radius 3 is 2.24 bits per heavy atom. The summed E-state index contributed by atoms with van der Waals surface area (Å²) in [4.78, 5) is 44.7. The van der Waals surface area contributed by atoms with Gasteiger partial charge in [0.2, 0.25) is 11.8 Å². The lowest BCUT2D eigenvalue weighted by Crippen LogP contribution is -2.64. The van der Waals surface area contributed by atoms with Crippen molar-refractivity contribution >= 4 is 29.5 Å². The van der Waals surface area contributed by atoms with Gasteiger partial charge < -0.3 is 30.9 Å². The van der Waals surface area contributed by atoms with Crippen LogP contribution in [0.15, 0.2) is 48.5 Å². The van der Waals surface area contributed by atoms with Gasteiger partial charge in [0.25, 0.3) is 0 Å². The van der Waals surface area contributed by atoms with Gasteiger partial charge in [-0.15, -0.1) is 0 Å². The first kappa shape index (κ1) is 33.2. The maximum atomic E-state index is 14.4. The fraction of sp³-hybridized carbons (Fsp3) is 0.571. The molecule has 1 saturated heterocycles. The fourth-order valence-electron chi connectivity index (χ4n) is 6.97. The molecule has 2 atom stereocenters. The highest BCUT2D eigenvalue weighted by atomic mass is 35.5. The van der Waals surface area contributed by atoms with Crippen LogP contribution in [0.1, 0.15) is 81.8 Å². The number of nitrogens with two attached hydrogens (primary N) is 1. The highest BCUT2D eigenvalue weighted by molar-refractivity contribution is 6.32. The Morgan fingerprint density at radius 1 is 0.889 bits per heavy atom. The van der Waals surface area contributed by atoms with Crippen molar-refractivity contribution in [3.8, 4) is 5.75 Å². The maximum Gasteiger partial charge on any atom is 0.415 e. The van der Waals surface area contributed by atoms with Crippen LogP contribution in [0.5, 0.6) is 5.75 Å². The molecule has 2 aromatic rings. The van der Waals surface area contributed by atoms with Crippen molar-refractivity contribution < 1.29 is 19.1 Å². The Kier molecular flexibility index (Phi) is 12.1. The molecule has 0 radical (unpaired) electrons. The van der Waals surface area contributed by atoms with Crippen molar-refractivity contribution in [2.24, 2.45) is 11.7 Å². The highest BCUT2D eigenvalue weighted by Crippen LogP contribution is 2.30. The van der Waals surface area contributed by atoms with Crippen LogP contribution in [0.25, 0.3) is 0 Å². The van der Waals surface area contributed by atoms with Crippen LogP contribution >= 0.6 is 11.6 Å². The molecule has 2 saturated carbocycles. The number of para-hydroxylation sites is 1. The molecular formula is C35H48ClN5O4. The van der Waals surface area contributed by atoms with Crippen LogP contribution in [0, 0.1) is 5.92 Å². The minimum absolute atomic E-state index is 0.0343. The smallest absolute Gasteiger partial charge is 0.409 e. The summed E-state index contributed by atoms with van der Waals surface area (Å²) in [6.07, 6.45) is 11.9.